The number of hydrogen-bond acceptors (Lipinski definition) is 4. The number of aliphatic carboxylic acids is 1. The molecular weight excluding hydrogens is 404 g/mol. The van der Waals surface area contributed by atoms with Crippen molar-refractivity contribution in [2.45, 2.75) is 38.4 Å². The van der Waals surface area contributed by atoms with Gasteiger partial charge >= 0.3 is 5.97 Å². The van der Waals surface area contributed by atoms with Crippen molar-refractivity contribution in [1.29, 1.82) is 0 Å². The van der Waals surface area contributed by atoms with E-state index in [1.54, 1.807) is 0 Å². The van der Waals surface area contributed by atoms with Crippen molar-refractivity contribution in [1.82, 2.24) is 10.2 Å². The molecule has 2 N–H and O–H groups in total. The van der Waals surface area contributed by atoms with Crippen molar-refractivity contribution in [2.24, 2.45) is 17.8 Å². The lowest BCUT2D eigenvalue weighted by Gasteiger charge is -2.32. The minimum absolute atomic E-state index is 0.0298. The summed E-state index contributed by atoms with van der Waals surface area (Å²) < 4.78 is 0. The van der Waals surface area contributed by atoms with E-state index >= 15 is 0 Å². The van der Waals surface area contributed by atoms with Crippen LogP contribution < -0.4 is 5.32 Å². The molecule has 0 aliphatic carbocycles. The Labute approximate surface area is 187 Å². The molecule has 6 heteroatoms. The lowest BCUT2D eigenvalue weighted by molar-refractivity contribution is -0.152. The topological polar surface area (TPSA) is 86.7 Å². The summed E-state index contributed by atoms with van der Waals surface area (Å²) in [6, 6.07) is 18.4. The number of nitrogens with zero attached hydrogens (tertiary/aromatic N) is 1. The monoisotopic (exact) mass is 432 g/mol. The molecule has 4 atom stereocenters. The molecule has 0 aromatic heterocycles. The fourth-order valence-electron chi connectivity index (χ4n) is 5.09. The number of benzene rings is 2. The van der Waals surface area contributed by atoms with Gasteiger partial charge < -0.3 is 5.11 Å². The first-order valence-corrected chi connectivity index (χ1v) is 11.0. The van der Waals surface area contributed by atoms with Crippen LogP contribution >= 0.6 is 0 Å². The number of rotatable bonds is 7. The van der Waals surface area contributed by atoms with E-state index in [1.807, 2.05) is 86.7 Å². The Bertz CT molecular complexity index is 1030. The standard InChI is InChI=1S/C26H28N2O4/c1-17(2)15-26(25(31)32)22-21(20(27-26)14-13-18-9-5-3-6-10-18)23(29)28(24(22)30)16-19-11-7-4-8-12-19/h3-14,17,20-22,27H,15-16H2,1-2H3,(H,31,32)/b14-13+. The van der Waals surface area contributed by atoms with Gasteiger partial charge in [-0.15, -0.1) is 0 Å². The Hall–Kier alpha value is -3.25. The van der Waals surface area contributed by atoms with E-state index in [0.29, 0.717) is 0 Å². The fourth-order valence-corrected chi connectivity index (χ4v) is 5.09. The van der Waals surface area contributed by atoms with Crippen LogP contribution in [0.3, 0.4) is 0 Å². The lowest BCUT2D eigenvalue weighted by atomic mass is 9.75. The fraction of sp³-hybridized carbons (Fsp3) is 0.346. The maximum Gasteiger partial charge on any atom is 0.324 e. The predicted octanol–water partition coefficient (Wildman–Crippen LogP) is 3.34. The summed E-state index contributed by atoms with van der Waals surface area (Å²) in [6.07, 6.45) is 3.96. The summed E-state index contributed by atoms with van der Waals surface area (Å²) in [4.78, 5) is 40.8. The van der Waals surface area contributed by atoms with E-state index in [0.717, 1.165) is 11.1 Å². The molecule has 32 heavy (non-hydrogen) atoms. The van der Waals surface area contributed by atoms with Crippen LogP contribution in [-0.2, 0) is 20.9 Å². The summed E-state index contributed by atoms with van der Waals surface area (Å²) in [7, 11) is 0. The molecular formula is C26H28N2O4. The van der Waals surface area contributed by atoms with Crippen LogP contribution in [0.2, 0.25) is 0 Å². The highest BCUT2D eigenvalue weighted by Crippen LogP contribution is 2.46. The predicted molar refractivity (Wildman–Crippen MR) is 121 cm³/mol. The number of carbonyl (C=O) groups excluding carboxylic acids is 2. The zero-order valence-corrected chi connectivity index (χ0v) is 18.3. The number of hydrogen-bond donors (Lipinski definition) is 2. The van der Waals surface area contributed by atoms with Crippen LogP contribution in [0.15, 0.2) is 66.7 Å². The van der Waals surface area contributed by atoms with Crippen LogP contribution in [0.25, 0.3) is 6.08 Å². The molecule has 2 fully saturated rings. The van der Waals surface area contributed by atoms with E-state index < -0.39 is 35.3 Å². The lowest BCUT2D eigenvalue weighted by Crippen LogP contribution is -2.57. The summed E-state index contributed by atoms with van der Waals surface area (Å²) in [5, 5.41) is 13.5. The van der Waals surface area contributed by atoms with Gasteiger partial charge in [0.1, 0.15) is 5.54 Å². The molecule has 0 spiro atoms. The number of fused-ring (bicyclic) bond motifs is 1. The first-order chi connectivity index (χ1) is 15.3. The number of nitrogens with one attached hydrogen (secondary N) is 1. The normalized spacial score (nSPS) is 27.5. The van der Waals surface area contributed by atoms with Crippen molar-refractivity contribution in [3.8, 4) is 0 Å². The Balaban J connectivity index is 1.72. The second-order valence-corrected chi connectivity index (χ2v) is 9.07. The molecule has 0 radical (unpaired) electrons. The van der Waals surface area contributed by atoms with Crippen molar-refractivity contribution in [3.63, 3.8) is 0 Å². The Morgan fingerprint density at radius 3 is 2.28 bits per heavy atom. The van der Waals surface area contributed by atoms with Crippen molar-refractivity contribution < 1.29 is 19.5 Å². The highest BCUT2D eigenvalue weighted by atomic mass is 16.4. The summed E-state index contributed by atoms with van der Waals surface area (Å²) in [6.45, 7) is 4.01. The van der Waals surface area contributed by atoms with Gasteiger partial charge in [-0.2, -0.15) is 0 Å². The molecule has 2 saturated heterocycles. The van der Waals surface area contributed by atoms with E-state index in [4.69, 9.17) is 0 Å². The van der Waals surface area contributed by atoms with Gasteiger partial charge in [0.15, 0.2) is 0 Å². The molecule has 0 saturated carbocycles. The quantitative estimate of drug-likeness (QED) is 0.656. The van der Waals surface area contributed by atoms with Gasteiger partial charge in [-0.1, -0.05) is 86.7 Å². The molecule has 0 bridgehead atoms. The van der Waals surface area contributed by atoms with E-state index in [-0.39, 0.29) is 24.8 Å². The first-order valence-electron chi connectivity index (χ1n) is 11.0. The molecule has 166 valence electrons. The number of imide groups is 1. The molecule has 2 aliphatic rings. The Morgan fingerprint density at radius 1 is 1.06 bits per heavy atom. The first kappa shape index (κ1) is 22.0. The second kappa shape index (κ2) is 8.71. The molecule has 4 unspecified atom stereocenters. The van der Waals surface area contributed by atoms with E-state index in [1.165, 1.54) is 4.90 Å². The molecule has 2 aliphatic heterocycles. The number of carboxylic acid groups (broad SMARTS) is 1. The average molecular weight is 433 g/mol. The summed E-state index contributed by atoms with van der Waals surface area (Å²) in [5.41, 5.74) is 0.298. The maximum absolute atomic E-state index is 13.5. The summed E-state index contributed by atoms with van der Waals surface area (Å²) in [5.74, 6) is -3.47. The smallest absolute Gasteiger partial charge is 0.324 e. The highest BCUT2D eigenvalue weighted by Gasteiger charge is 2.67. The maximum atomic E-state index is 13.5. The van der Waals surface area contributed by atoms with Crippen LogP contribution in [0, 0.1) is 17.8 Å². The van der Waals surface area contributed by atoms with Crippen molar-refractivity contribution in [2.75, 3.05) is 0 Å². The SMILES string of the molecule is CC(C)CC1(C(=O)O)NC(/C=C/c2ccccc2)C2C(=O)N(Cc3ccccc3)C(=O)C21. The van der Waals surface area contributed by atoms with Gasteiger partial charge in [0.25, 0.3) is 0 Å². The number of carbonyl (C=O) groups is 3. The minimum Gasteiger partial charge on any atom is -0.480 e. The molecule has 2 aromatic carbocycles. The van der Waals surface area contributed by atoms with Gasteiger partial charge in [-0.25, -0.2) is 0 Å². The number of likely N-dealkylation sites (tertiary alicyclic amines) is 1. The zero-order chi connectivity index (χ0) is 22.9. The summed E-state index contributed by atoms with van der Waals surface area (Å²) >= 11 is 0. The number of carboxylic acids is 1. The minimum atomic E-state index is -1.48. The largest absolute Gasteiger partial charge is 0.480 e. The molecule has 2 heterocycles. The van der Waals surface area contributed by atoms with Gasteiger partial charge in [-0.05, 0) is 23.5 Å². The Morgan fingerprint density at radius 2 is 1.69 bits per heavy atom. The second-order valence-electron chi connectivity index (χ2n) is 9.07. The van der Waals surface area contributed by atoms with Crippen LogP contribution in [0.1, 0.15) is 31.4 Å². The highest BCUT2D eigenvalue weighted by molar-refractivity contribution is 6.09. The van der Waals surface area contributed by atoms with E-state index in [2.05, 4.69) is 5.32 Å². The Kier molecular flexibility index (Phi) is 5.98. The van der Waals surface area contributed by atoms with Crippen LogP contribution in [0.5, 0.6) is 0 Å². The van der Waals surface area contributed by atoms with Gasteiger partial charge in [0, 0.05) is 6.04 Å². The third-order valence-corrected chi connectivity index (χ3v) is 6.38. The molecule has 2 aromatic rings. The molecule has 4 rings (SSSR count). The van der Waals surface area contributed by atoms with Crippen molar-refractivity contribution in [3.05, 3.63) is 77.9 Å². The number of amides is 2. The average Bonchev–Trinajstić information content (AvgIpc) is 3.23. The third-order valence-electron chi connectivity index (χ3n) is 6.38. The van der Waals surface area contributed by atoms with E-state index in [9.17, 15) is 19.5 Å². The van der Waals surface area contributed by atoms with Gasteiger partial charge in [0.05, 0.1) is 18.4 Å². The van der Waals surface area contributed by atoms with Crippen molar-refractivity contribution >= 4 is 23.9 Å². The van der Waals surface area contributed by atoms with Crippen LogP contribution in [-0.4, -0.2) is 39.4 Å². The van der Waals surface area contributed by atoms with Crippen LogP contribution in [0.4, 0.5) is 0 Å². The van der Waals surface area contributed by atoms with Gasteiger partial charge in [-0.3, -0.25) is 24.6 Å². The van der Waals surface area contributed by atoms with Gasteiger partial charge in [0.2, 0.25) is 11.8 Å². The third kappa shape index (κ3) is 3.86. The molecule has 2 amide bonds. The zero-order valence-electron chi connectivity index (χ0n) is 18.3. The molecule has 6 nitrogen and oxygen atoms in total.